The fourth-order valence-electron chi connectivity index (χ4n) is 2.60. The minimum atomic E-state index is -4.80. The van der Waals surface area contributed by atoms with E-state index in [1.54, 1.807) is 6.07 Å². The summed E-state index contributed by atoms with van der Waals surface area (Å²) in [5.74, 6) is -1.61. The van der Waals surface area contributed by atoms with Gasteiger partial charge in [0.1, 0.15) is 5.75 Å². The van der Waals surface area contributed by atoms with Crippen molar-refractivity contribution in [2.24, 2.45) is 0 Å². The third kappa shape index (κ3) is 6.26. The van der Waals surface area contributed by atoms with Crippen LogP contribution >= 0.6 is 0 Å². The minimum absolute atomic E-state index is 0.00196. The van der Waals surface area contributed by atoms with Gasteiger partial charge in [-0.15, -0.1) is 13.2 Å². The highest BCUT2D eigenvalue weighted by Crippen LogP contribution is 2.27. The second-order valence-electron chi connectivity index (χ2n) is 5.59. The van der Waals surface area contributed by atoms with Gasteiger partial charge < -0.3 is 19.5 Å². The Bertz CT molecular complexity index is 620. The van der Waals surface area contributed by atoms with Crippen LogP contribution in [-0.4, -0.2) is 54.0 Å². The molecule has 25 heavy (non-hydrogen) atoms. The van der Waals surface area contributed by atoms with Crippen LogP contribution in [0.1, 0.15) is 18.4 Å². The Hall–Kier alpha value is -2.29. The zero-order valence-corrected chi connectivity index (χ0v) is 13.3. The summed E-state index contributed by atoms with van der Waals surface area (Å²) in [4.78, 5) is 24.5. The Morgan fingerprint density at radius 1 is 1.32 bits per heavy atom. The SMILES string of the molecule is O=C(O)C[C@H]1CN(C(=O)CCc2ccccc2OC(F)(F)F)CCO1. The predicted molar refractivity (Wildman–Crippen MR) is 80.0 cm³/mol. The van der Waals surface area contributed by atoms with Crippen molar-refractivity contribution in [1.82, 2.24) is 4.90 Å². The second kappa shape index (κ2) is 8.19. The van der Waals surface area contributed by atoms with Crippen molar-refractivity contribution >= 4 is 11.9 Å². The van der Waals surface area contributed by atoms with Gasteiger partial charge in [0.25, 0.3) is 0 Å². The van der Waals surface area contributed by atoms with E-state index in [2.05, 4.69) is 4.74 Å². The van der Waals surface area contributed by atoms with E-state index < -0.39 is 18.4 Å². The lowest BCUT2D eigenvalue weighted by Gasteiger charge is -2.32. The zero-order chi connectivity index (χ0) is 18.4. The van der Waals surface area contributed by atoms with E-state index in [4.69, 9.17) is 9.84 Å². The first-order valence-electron chi connectivity index (χ1n) is 7.69. The number of amides is 1. The molecule has 1 saturated heterocycles. The van der Waals surface area contributed by atoms with Crippen molar-refractivity contribution in [1.29, 1.82) is 0 Å². The number of carboxylic acids is 1. The molecule has 0 radical (unpaired) electrons. The van der Waals surface area contributed by atoms with Crippen molar-refractivity contribution in [2.75, 3.05) is 19.7 Å². The second-order valence-corrected chi connectivity index (χ2v) is 5.59. The number of morpholine rings is 1. The molecular formula is C16H18F3NO5. The van der Waals surface area contributed by atoms with Crippen LogP contribution in [0.5, 0.6) is 5.75 Å². The highest BCUT2D eigenvalue weighted by Gasteiger charge is 2.32. The highest BCUT2D eigenvalue weighted by molar-refractivity contribution is 5.77. The molecular weight excluding hydrogens is 343 g/mol. The van der Waals surface area contributed by atoms with Crippen LogP contribution in [0.2, 0.25) is 0 Å². The molecule has 0 aliphatic carbocycles. The molecule has 0 saturated carbocycles. The maximum absolute atomic E-state index is 12.4. The summed E-state index contributed by atoms with van der Waals surface area (Å²) in [6, 6.07) is 5.66. The van der Waals surface area contributed by atoms with Crippen molar-refractivity contribution in [3.8, 4) is 5.75 Å². The molecule has 9 heteroatoms. The summed E-state index contributed by atoms with van der Waals surface area (Å²) in [6.45, 7) is 0.721. The topological polar surface area (TPSA) is 76.1 Å². The van der Waals surface area contributed by atoms with E-state index >= 15 is 0 Å². The number of carbonyl (C=O) groups is 2. The number of halogens is 3. The first-order chi connectivity index (χ1) is 11.7. The van der Waals surface area contributed by atoms with Gasteiger partial charge in [0, 0.05) is 19.5 Å². The average Bonchev–Trinajstić information content (AvgIpc) is 2.52. The molecule has 1 aromatic rings. The molecule has 0 unspecified atom stereocenters. The van der Waals surface area contributed by atoms with Gasteiger partial charge in [-0.1, -0.05) is 18.2 Å². The van der Waals surface area contributed by atoms with Crippen LogP contribution in [0, 0.1) is 0 Å². The number of benzene rings is 1. The number of hydrogen-bond acceptors (Lipinski definition) is 4. The van der Waals surface area contributed by atoms with Crippen LogP contribution in [0.25, 0.3) is 0 Å². The summed E-state index contributed by atoms with van der Waals surface area (Å²) in [7, 11) is 0. The molecule has 1 atom stereocenters. The number of aliphatic carboxylic acids is 1. The Morgan fingerprint density at radius 3 is 2.72 bits per heavy atom. The van der Waals surface area contributed by atoms with E-state index in [9.17, 15) is 22.8 Å². The Kier molecular flexibility index (Phi) is 6.24. The van der Waals surface area contributed by atoms with E-state index in [0.29, 0.717) is 6.54 Å². The van der Waals surface area contributed by atoms with E-state index in [-0.39, 0.29) is 49.6 Å². The van der Waals surface area contributed by atoms with Gasteiger partial charge in [-0.05, 0) is 18.1 Å². The maximum atomic E-state index is 12.4. The lowest BCUT2D eigenvalue weighted by atomic mass is 10.1. The molecule has 1 fully saturated rings. The van der Waals surface area contributed by atoms with Gasteiger partial charge in [-0.2, -0.15) is 0 Å². The zero-order valence-electron chi connectivity index (χ0n) is 13.3. The monoisotopic (exact) mass is 361 g/mol. The van der Waals surface area contributed by atoms with Gasteiger partial charge in [-0.25, -0.2) is 0 Å². The van der Waals surface area contributed by atoms with E-state index in [1.807, 2.05) is 0 Å². The van der Waals surface area contributed by atoms with Crippen LogP contribution < -0.4 is 4.74 Å². The number of ether oxygens (including phenoxy) is 2. The van der Waals surface area contributed by atoms with Gasteiger partial charge in [-0.3, -0.25) is 9.59 Å². The maximum Gasteiger partial charge on any atom is 0.573 e. The molecule has 6 nitrogen and oxygen atoms in total. The van der Waals surface area contributed by atoms with Gasteiger partial charge >= 0.3 is 12.3 Å². The first-order valence-corrected chi connectivity index (χ1v) is 7.69. The van der Waals surface area contributed by atoms with Gasteiger partial charge in [0.05, 0.1) is 19.1 Å². The van der Waals surface area contributed by atoms with E-state index in [0.717, 1.165) is 0 Å². The van der Waals surface area contributed by atoms with E-state index in [1.165, 1.54) is 23.1 Å². The molecule has 1 aliphatic rings. The van der Waals surface area contributed by atoms with Crippen LogP contribution in [0.15, 0.2) is 24.3 Å². The summed E-state index contributed by atoms with van der Waals surface area (Å²) < 4.78 is 46.4. The summed E-state index contributed by atoms with van der Waals surface area (Å²) >= 11 is 0. The molecule has 1 aliphatic heterocycles. The average molecular weight is 361 g/mol. The fraction of sp³-hybridized carbons (Fsp3) is 0.500. The lowest BCUT2D eigenvalue weighted by Crippen LogP contribution is -2.46. The van der Waals surface area contributed by atoms with Gasteiger partial charge in [0.15, 0.2) is 0 Å². The van der Waals surface area contributed by atoms with Crippen molar-refractivity contribution in [2.45, 2.75) is 31.7 Å². The highest BCUT2D eigenvalue weighted by atomic mass is 19.4. The number of alkyl halides is 3. The summed E-state index contributed by atoms with van der Waals surface area (Å²) in [5, 5.41) is 8.78. The lowest BCUT2D eigenvalue weighted by molar-refractivity contribution is -0.274. The predicted octanol–water partition coefficient (Wildman–Crippen LogP) is 2.22. The first kappa shape index (κ1) is 19.0. The molecule has 2 rings (SSSR count). The van der Waals surface area contributed by atoms with Crippen LogP contribution in [0.3, 0.4) is 0 Å². The molecule has 1 N–H and O–H groups in total. The molecule has 1 amide bonds. The standard InChI is InChI=1S/C16H18F3NO5/c17-16(18,19)25-13-4-2-1-3-11(13)5-6-14(21)20-7-8-24-12(10-20)9-15(22)23/h1-4,12H,5-10H2,(H,22,23)/t12-/m0/s1. The molecule has 0 spiro atoms. The fourth-order valence-corrected chi connectivity index (χ4v) is 2.60. The Morgan fingerprint density at radius 2 is 2.04 bits per heavy atom. The minimum Gasteiger partial charge on any atom is -0.481 e. The number of carbonyl (C=O) groups excluding carboxylic acids is 1. The number of aryl methyl sites for hydroxylation is 1. The number of para-hydroxylation sites is 1. The quantitative estimate of drug-likeness (QED) is 0.841. The smallest absolute Gasteiger partial charge is 0.481 e. The Labute approximate surface area is 142 Å². The van der Waals surface area contributed by atoms with Gasteiger partial charge in [0.2, 0.25) is 5.91 Å². The molecule has 138 valence electrons. The molecule has 0 bridgehead atoms. The molecule has 0 aromatic heterocycles. The third-order valence-electron chi connectivity index (χ3n) is 3.70. The van der Waals surface area contributed by atoms with Crippen molar-refractivity contribution in [3.63, 3.8) is 0 Å². The number of carboxylic acid groups (broad SMARTS) is 1. The number of nitrogens with zero attached hydrogens (tertiary/aromatic N) is 1. The van der Waals surface area contributed by atoms with Crippen LogP contribution in [0.4, 0.5) is 13.2 Å². The summed E-state index contributed by atoms with van der Waals surface area (Å²) in [5.41, 5.74) is 0.281. The Balaban J connectivity index is 1.93. The largest absolute Gasteiger partial charge is 0.573 e. The molecule has 1 heterocycles. The number of rotatable bonds is 6. The van der Waals surface area contributed by atoms with Crippen LogP contribution in [-0.2, 0) is 20.7 Å². The normalized spacial score (nSPS) is 18.0. The number of hydrogen-bond donors (Lipinski definition) is 1. The van der Waals surface area contributed by atoms with Crippen molar-refractivity contribution < 1.29 is 37.3 Å². The molecule has 1 aromatic carbocycles. The van der Waals surface area contributed by atoms with Crippen molar-refractivity contribution in [3.05, 3.63) is 29.8 Å². The third-order valence-corrected chi connectivity index (χ3v) is 3.70. The summed E-state index contributed by atoms with van der Waals surface area (Å²) in [6.07, 6.45) is -5.49.